The van der Waals surface area contributed by atoms with E-state index >= 15 is 0 Å². The maximum Gasteiger partial charge on any atom is 0.343 e. The fourth-order valence-corrected chi connectivity index (χ4v) is 2.27. The molecule has 16 heavy (non-hydrogen) atoms. The monoisotopic (exact) mass is 245 g/mol. The molecular weight excluding hydrogens is 230 g/mol. The van der Waals surface area contributed by atoms with Gasteiger partial charge < -0.3 is 5.11 Å². The molecule has 1 aromatic rings. The van der Waals surface area contributed by atoms with Crippen LogP contribution in [-0.2, 0) is 11.3 Å². The van der Waals surface area contributed by atoms with Crippen molar-refractivity contribution in [2.24, 2.45) is 0 Å². The third-order valence-electron chi connectivity index (χ3n) is 1.94. The average Bonchev–Trinajstić information content (AvgIpc) is 2.49. The minimum absolute atomic E-state index is 0.0534. The molecule has 90 valence electrons. The molecule has 0 saturated carbocycles. The third kappa shape index (κ3) is 3.41. The lowest BCUT2D eigenvalue weighted by molar-refractivity contribution is -0.136. The van der Waals surface area contributed by atoms with Crippen LogP contribution in [0, 0.1) is 0 Å². The summed E-state index contributed by atoms with van der Waals surface area (Å²) >= 11 is 1.30. The van der Waals surface area contributed by atoms with Crippen molar-refractivity contribution in [1.82, 2.24) is 14.8 Å². The minimum atomic E-state index is -0.847. The van der Waals surface area contributed by atoms with Crippen LogP contribution in [-0.4, -0.2) is 31.1 Å². The number of carboxylic acids is 1. The molecule has 7 heteroatoms. The second-order valence-corrected chi connectivity index (χ2v) is 4.89. The van der Waals surface area contributed by atoms with E-state index in [1.807, 2.05) is 6.92 Å². The molecule has 0 amide bonds. The number of thioether (sulfide) groups is 1. The van der Waals surface area contributed by atoms with E-state index in [1.165, 1.54) is 16.3 Å². The summed E-state index contributed by atoms with van der Waals surface area (Å²) in [6, 6.07) is 0. The van der Waals surface area contributed by atoms with Gasteiger partial charge in [0, 0.05) is 11.8 Å². The van der Waals surface area contributed by atoms with Crippen molar-refractivity contribution in [3.63, 3.8) is 0 Å². The number of nitrogens with zero attached hydrogens (tertiary/aromatic N) is 2. The Morgan fingerprint density at radius 1 is 1.69 bits per heavy atom. The summed E-state index contributed by atoms with van der Waals surface area (Å²) in [5, 5.41) is 15.3. The molecule has 0 fully saturated rings. The normalized spacial score (nSPS) is 12.6. The van der Waals surface area contributed by atoms with Crippen LogP contribution in [0.5, 0.6) is 0 Å². The van der Waals surface area contributed by atoms with E-state index < -0.39 is 5.97 Å². The van der Waals surface area contributed by atoms with Crippen molar-refractivity contribution >= 4 is 17.7 Å². The smallest absolute Gasteiger partial charge is 0.343 e. The van der Waals surface area contributed by atoms with Crippen LogP contribution in [0.4, 0.5) is 0 Å². The molecule has 1 heterocycles. The van der Waals surface area contributed by atoms with E-state index in [1.54, 1.807) is 6.92 Å². The number of aromatic amines is 1. The summed E-state index contributed by atoms with van der Waals surface area (Å²) in [5.41, 5.74) is -0.244. The standard InChI is InChI=1S/C9H15N3O3S/c1-3-4-12-8(15)10-11-9(12)16-6(2)5-7(13)14/h6H,3-5H2,1-2H3,(H,10,15)(H,13,14). The lowest BCUT2D eigenvalue weighted by atomic mass is 10.3. The Hall–Kier alpha value is -1.24. The maximum absolute atomic E-state index is 11.3. The van der Waals surface area contributed by atoms with Crippen molar-refractivity contribution in [1.29, 1.82) is 0 Å². The number of rotatable bonds is 6. The predicted octanol–water partition coefficient (Wildman–Crippen LogP) is 0.937. The van der Waals surface area contributed by atoms with Crippen LogP contribution in [0.3, 0.4) is 0 Å². The van der Waals surface area contributed by atoms with Crippen LogP contribution in [0.15, 0.2) is 9.95 Å². The van der Waals surface area contributed by atoms with Gasteiger partial charge in [-0.05, 0) is 6.42 Å². The highest BCUT2D eigenvalue weighted by Crippen LogP contribution is 2.22. The highest BCUT2D eigenvalue weighted by Gasteiger charge is 2.14. The summed E-state index contributed by atoms with van der Waals surface area (Å²) in [7, 11) is 0. The van der Waals surface area contributed by atoms with Crippen molar-refractivity contribution in [2.75, 3.05) is 0 Å². The van der Waals surface area contributed by atoms with Gasteiger partial charge in [-0.1, -0.05) is 25.6 Å². The molecule has 2 N–H and O–H groups in total. The minimum Gasteiger partial charge on any atom is -0.481 e. The molecule has 1 unspecified atom stereocenters. The van der Waals surface area contributed by atoms with Gasteiger partial charge in [-0.3, -0.25) is 9.36 Å². The molecule has 0 radical (unpaired) electrons. The Bertz CT molecular complexity index is 412. The van der Waals surface area contributed by atoms with Crippen LogP contribution in [0.25, 0.3) is 0 Å². The number of aliphatic carboxylic acids is 1. The molecular formula is C9H15N3O3S. The summed E-state index contributed by atoms with van der Waals surface area (Å²) < 4.78 is 1.53. The number of hydrogen-bond acceptors (Lipinski definition) is 4. The van der Waals surface area contributed by atoms with Gasteiger partial charge in [-0.15, -0.1) is 5.10 Å². The third-order valence-corrected chi connectivity index (χ3v) is 3.03. The number of nitrogens with one attached hydrogen (secondary N) is 1. The van der Waals surface area contributed by atoms with Gasteiger partial charge in [0.25, 0.3) is 0 Å². The zero-order chi connectivity index (χ0) is 12.1. The first-order chi connectivity index (χ1) is 7.54. The molecule has 1 atom stereocenters. The fraction of sp³-hybridized carbons (Fsp3) is 0.667. The van der Waals surface area contributed by atoms with Gasteiger partial charge in [-0.2, -0.15) is 0 Å². The molecule has 0 spiro atoms. The van der Waals surface area contributed by atoms with Crippen LogP contribution < -0.4 is 5.69 Å². The quantitative estimate of drug-likeness (QED) is 0.728. The summed E-state index contributed by atoms with van der Waals surface area (Å²) in [6.45, 7) is 4.36. The number of H-pyrrole nitrogens is 1. The van der Waals surface area contributed by atoms with Gasteiger partial charge in [0.1, 0.15) is 0 Å². The maximum atomic E-state index is 11.3. The Labute approximate surface area is 97.1 Å². The van der Waals surface area contributed by atoms with Crippen LogP contribution >= 0.6 is 11.8 Å². The van der Waals surface area contributed by atoms with E-state index in [0.29, 0.717) is 11.7 Å². The van der Waals surface area contributed by atoms with E-state index in [0.717, 1.165) is 6.42 Å². The van der Waals surface area contributed by atoms with Crippen molar-refractivity contribution in [2.45, 2.75) is 43.6 Å². The first-order valence-corrected chi connectivity index (χ1v) is 5.96. The highest BCUT2D eigenvalue weighted by atomic mass is 32.2. The van der Waals surface area contributed by atoms with E-state index in [-0.39, 0.29) is 17.4 Å². The molecule has 6 nitrogen and oxygen atoms in total. The number of hydrogen-bond donors (Lipinski definition) is 2. The molecule has 0 saturated heterocycles. The zero-order valence-electron chi connectivity index (χ0n) is 9.27. The molecule has 1 rings (SSSR count). The average molecular weight is 245 g/mol. The van der Waals surface area contributed by atoms with Crippen molar-refractivity contribution in [3.05, 3.63) is 10.5 Å². The van der Waals surface area contributed by atoms with Gasteiger partial charge >= 0.3 is 11.7 Å². The molecule has 1 aromatic heterocycles. The second-order valence-electron chi connectivity index (χ2n) is 3.49. The lowest BCUT2D eigenvalue weighted by Crippen LogP contribution is -2.18. The topological polar surface area (TPSA) is 88.0 Å². The van der Waals surface area contributed by atoms with Crippen molar-refractivity contribution in [3.8, 4) is 0 Å². The predicted molar refractivity (Wildman–Crippen MR) is 60.7 cm³/mol. The molecule has 0 aliphatic heterocycles. The van der Waals surface area contributed by atoms with Crippen LogP contribution in [0.1, 0.15) is 26.7 Å². The summed E-state index contributed by atoms with van der Waals surface area (Å²) in [6.07, 6.45) is 0.887. The van der Waals surface area contributed by atoms with Gasteiger partial charge in [0.15, 0.2) is 5.16 Å². The van der Waals surface area contributed by atoms with E-state index in [4.69, 9.17) is 5.11 Å². The largest absolute Gasteiger partial charge is 0.481 e. The van der Waals surface area contributed by atoms with Gasteiger partial charge in [0.2, 0.25) is 0 Å². The zero-order valence-corrected chi connectivity index (χ0v) is 10.1. The van der Waals surface area contributed by atoms with Gasteiger partial charge in [-0.25, -0.2) is 9.89 Å². The number of carbonyl (C=O) groups is 1. The Kier molecular flexibility index (Phi) is 4.60. The lowest BCUT2D eigenvalue weighted by Gasteiger charge is -2.08. The van der Waals surface area contributed by atoms with Crippen LogP contribution in [0.2, 0.25) is 0 Å². The molecule has 0 bridgehead atoms. The summed E-state index contributed by atoms with van der Waals surface area (Å²) in [5.74, 6) is -0.847. The van der Waals surface area contributed by atoms with Gasteiger partial charge in [0.05, 0.1) is 6.42 Å². The first kappa shape index (κ1) is 12.8. The second kappa shape index (κ2) is 5.74. The number of carboxylic acid groups (broad SMARTS) is 1. The molecule has 0 aliphatic rings. The molecule has 0 aromatic carbocycles. The first-order valence-electron chi connectivity index (χ1n) is 5.08. The highest BCUT2D eigenvalue weighted by molar-refractivity contribution is 7.99. The SMILES string of the molecule is CCCn1c(SC(C)CC(=O)O)n[nH]c1=O. The Morgan fingerprint density at radius 3 is 2.94 bits per heavy atom. The summed E-state index contributed by atoms with van der Waals surface area (Å²) in [4.78, 5) is 21.9. The Balaban J connectivity index is 2.73. The number of aromatic nitrogens is 3. The van der Waals surface area contributed by atoms with E-state index in [9.17, 15) is 9.59 Å². The van der Waals surface area contributed by atoms with E-state index in [2.05, 4.69) is 10.2 Å². The fourth-order valence-electron chi connectivity index (χ4n) is 1.28. The Morgan fingerprint density at radius 2 is 2.38 bits per heavy atom. The molecule has 0 aliphatic carbocycles. The van der Waals surface area contributed by atoms with Crippen molar-refractivity contribution < 1.29 is 9.90 Å².